The van der Waals surface area contributed by atoms with E-state index < -0.39 is 5.97 Å². The molecule has 0 atom stereocenters. The molecule has 1 N–H and O–H groups in total. The van der Waals surface area contributed by atoms with Gasteiger partial charge in [0, 0.05) is 30.3 Å². The molecule has 3 aromatic rings. The summed E-state index contributed by atoms with van der Waals surface area (Å²) in [6.45, 7) is 1.06. The minimum absolute atomic E-state index is 0.00133. The molecular weight excluding hydrogens is 392 g/mol. The van der Waals surface area contributed by atoms with Gasteiger partial charge in [-0.2, -0.15) is 0 Å². The second kappa shape index (κ2) is 9.00. The molecule has 2 amide bonds. The number of likely N-dealkylation sites (tertiary alicyclic amines) is 1. The molecule has 0 radical (unpaired) electrons. The molecule has 1 aliphatic rings. The van der Waals surface area contributed by atoms with Crippen LogP contribution in [0.15, 0.2) is 66.7 Å². The van der Waals surface area contributed by atoms with Gasteiger partial charge in [-0.05, 0) is 47.9 Å². The van der Waals surface area contributed by atoms with Gasteiger partial charge in [-0.25, -0.2) is 4.79 Å². The quantitative estimate of drug-likeness (QED) is 0.649. The standard InChI is InChI=1S/C25H24N2O4/c1-31-25(30)19-8-4-9-20(16-19)26-23(28)18-12-14-27(15-13-18)24(29)22-11-5-7-17-6-2-3-10-21(17)22/h2-11,16,18H,12-15H2,1H3,(H,26,28). The predicted molar refractivity (Wildman–Crippen MR) is 119 cm³/mol. The van der Waals surface area contributed by atoms with Crippen LogP contribution in [0.25, 0.3) is 10.8 Å². The van der Waals surface area contributed by atoms with E-state index in [1.165, 1.54) is 7.11 Å². The SMILES string of the molecule is COC(=O)c1cccc(NC(=O)C2CCN(C(=O)c3cccc4ccccc34)CC2)c1. The number of ether oxygens (including phenoxy) is 1. The lowest BCUT2D eigenvalue weighted by molar-refractivity contribution is -0.121. The van der Waals surface area contributed by atoms with Crippen LogP contribution in [-0.4, -0.2) is 42.9 Å². The molecule has 0 saturated carbocycles. The summed E-state index contributed by atoms with van der Waals surface area (Å²) < 4.78 is 4.72. The molecule has 1 aliphatic heterocycles. The van der Waals surface area contributed by atoms with Gasteiger partial charge in [-0.3, -0.25) is 9.59 Å². The van der Waals surface area contributed by atoms with E-state index in [4.69, 9.17) is 4.74 Å². The van der Waals surface area contributed by atoms with Gasteiger partial charge in [-0.1, -0.05) is 42.5 Å². The highest BCUT2D eigenvalue weighted by molar-refractivity contribution is 6.07. The third-order valence-electron chi connectivity index (χ3n) is 5.72. The zero-order chi connectivity index (χ0) is 21.8. The average Bonchev–Trinajstić information content (AvgIpc) is 2.83. The summed E-state index contributed by atoms with van der Waals surface area (Å²) in [5.74, 6) is -0.726. The highest BCUT2D eigenvalue weighted by Gasteiger charge is 2.28. The first-order valence-electron chi connectivity index (χ1n) is 10.3. The van der Waals surface area contributed by atoms with Crippen LogP contribution in [0.2, 0.25) is 0 Å². The van der Waals surface area contributed by atoms with Crippen molar-refractivity contribution in [3.63, 3.8) is 0 Å². The van der Waals surface area contributed by atoms with Crippen molar-refractivity contribution >= 4 is 34.2 Å². The lowest BCUT2D eigenvalue weighted by Gasteiger charge is -2.31. The van der Waals surface area contributed by atoms with Gasteiger partial charge in [0.05, 0.1) is 12.7 Å². The first-order chi connectivity index (χ1) is 15.1. The summed E-state index contributed by atoms with van der Waals surface area (Å²) in [5, 5.41) is 4.86. The number of hydrogen-bond acceptors (Lipinski definition) is 4. The highest BCUT2D eigenvalue weighted by atomic mass is 16.5. The Labute approximate surface area is 180 Å². The molecule has 0 bridgehead atoms. The van der Waals surface area contributed by atoms with Crippen LogP contribution in [-0.2, 0) is 9.53 Å². The summed E-state index contributed by atoms with van der Waals surface area (Å²) in [7, 11) is 1.32. The number of nitrogens with zero attached hydrogens (tertiary/aromatic N) is 1. The fourth-order valence-corrected chi connectivity index (χ4v) is 4.01. The van der Waals surface area contributed by atoms with Crippen molar-refractivity contribution in [2.24, 2.45) is 5.92 Å². The van der Waals surface area contributed by atoms with Gasteiger partial charge in [0.25, 0.3) is 5.91 Å². The monoisotopic (exact) mass is 416 g/mol. The Morgan fingerprint density at radius 1 is 0.935 bits per heavy atom. The van der Waals surface area contributed by atoms with Gasteiger partial charge in [0.2, 0.25) is 5.91 Å². The minimum atomic E-state index is -0.448. The molecule has 4 rings (SSSR count). The maximum absolute atomic E-state index is 13.1. The molecule has 3 aromatic carbocycles. The van der Waals surface area contributed by atoms with E-state index in [9.17, 15) is 14.4 Å². The van der Waals surface area contributed by atoms with E-state index in [2.05, 4.69) is 5.32 Å². The van der Waals surface area contributed by atoms with E-state index in [0.717, 1.165) is 10.8 Å². The number of methoxy groups -OCH3 is 1. The average molecular weight is 416 g/mol. The highest BCUT2D eigenvalue weighted by Crippen LogP contribution is 2.24. The van der Waals surface area contributed by atoms with Crippen LogP contribution in [0.1, 0.15) is 33.6 Å². The van der Waals surface area contributed by atoms with Crippen molar-refractivity contribution in [1.82, 2.24) is 4.90 Å². The van der Waals surface area contributed by atoms with Gasteiger partial charge in [0.15, 0.2) is 0 Å². The van der Waals surface area contributed by atoms with Crippen molar-refractivity contribution < 1.29 is 19.1 Å². The topological polar surface area (TPSA) is 75.7 Å². The van der Waals surface area contributed by atoms with Gasteiger partial charge in [-0.15, -0.1) is 0 Å². The third kappa shape index (κ3) is 4.43. The molecular formula is C25H24N2O4. The summed E-state index contributed by atoms with van der Waals surface area (Å²) in [6, 6.07) is 20.3. The number of amides is 2. The summed E-state index contributed by atoms with van der Waals surface area (Å²) in [4.78, 5) is 39.3. The number of piperidine rings is 1. The molecule has 158 valence electrons. The number of nitrogens with one attached hydrogen (secondary N) is 1. The van der Waals surface area contributed by atoms with Crippen LogP contribution in [0.3, 0.4) is 0 Å². The first-order valence-corrected chi connectivity index (χ1v) is 10.3. The molecule has 0 aliphatic carbocycles. The van der Waals surface area contributed by atoms with E-state index in [-0.39, 0.29) is 17.7 Å². The Hall–Kier alpha value is -3.67. The minimum Gasteiger partial charge on any atom is -0.465 e. The largest absolute Gasteiger partial charge is 0.465 e. The van der Waals surface area contributed by atoms with E-state index in [0.29, 0.717) is 42.7 Å². The number of fused-ring (bicyclic) bond motifs is 1. The third-order valence-corrected chi connectivity index (χ3v) is 5.72. The second-order valence-corrected chi connectivity index (χ2v) is 7.65. The number of anilines is 1. The molecule has 1 heterocycles. The maximum atomic E-state index is 13.1. The normalized spacial score (nSPS) is 14.3. The molecule has 1 fully saturated rings. The molecule has 0 spiro atoms. The number of carbonyl (C=O) groups excluding carboxylic acids is 3. The second-order valence-electron chi connectivity index (χ2n) is 7.65. The van der Waals surface area contributed by atoms with Gasteiger partial charge in [0.1, 0.15) is 0 Å². The molecule has 0 unspecified atom stereocenters. The smallest absolute Gasteiger partial charge is 0.337 e. The van der Waals surface area contributed by atoms with Crippen LogP contribution in [0, 0.1) is 5.92 Å². The van der Waals surface area contributed by atoms with E-state index >= 15 is 0 Å². The predicted octanol–water partition coefficient (Wildman–Crippen LogP) is 4.12. The Morgan fingerprint density at radius 3 is 2.42 bits per heavy atom. The van der Waals surface area contributed by atoms with Crippen molar-refractivity contribution in [2.75, 3.05) is 25.5 Å². The van der Waals surface area contributed by atoms with E-state index in [1.807, 2.05) is 47.4 Å². The van der Waals surface area contributed by atoms with Crippen LogP contribution >= 0.6 is 0 Å². The van der Waals surface area contributed by atoms with Crippen molar-refractivity contribution in [2.45, 2.75) is 12.8 Å². The molecule has 0 aromatic heterocycles. The first kappa shape index (κ1) is 20.6. The maximum Gasteiger partial charge on any atom is 0.337 e. The van der Waals surface area contributed by atoms with Crippen molar-refractivity contribution in [3.05, 3.63) is 77.9 Å². The van der Waals surface area contributed by atoms with Crippen LogP contribution in [0.4, 0.5) is 5.69 Å². The summed E-state index contributed by atoms with van der Waals surface area (Å²) >= 11 is 0. The zero-order valence-electron chi connectivity index (χ0n) is 17.3. The summed E-state index contributed by atoms with van der Waals surface area (Å²) in [5.41, 5.74) is 1.64. The Morgan fingerprint density at radius 2 is 1.65 bits per heavy atom. The summed E-state index contributed by atoms with van der Waals surface area (Å²) in [6.07, 6.45) is 1.19. The number of hydrogen-bond donors (Lipinski definition) is 1. The number of rotatable bonds is 4. The van der Waals surface area contributed by atoms with Gasteiger partial charge < -0.3 is 15.0 Å². The lowest BCUT2D eigenvalue weighted by Crippen LogP contribution is -2.41. The van der Waals surface area contributed by atoms with E-state index in [1.54, 1.807) is 24.3 Å². The molecule has 1 saturated heterocycles. The van der Waals surface area contributed by atoms with Crippen molar-refractivity contribution in [1.29, 1.82) is 0 Å². The Bertz CT molecular complexity index is 1130. The number of esters is 1. The molecule has 6 heteroatoms. The Kier molecular flexibility index (Phi) is 5.98. The fraction of sp³-hybridized carbons (Fsp3) is 0.240. The van der Waals surface area contributed by atoms with Crippen molar-refractivity contribution in [3.8, 4) is 0 Å². The zero-order valence-corrected chi connectivity index (χ0v) is 17.3. The fourth-order valence-electron chi connectivity index (χ4n) is 4.01. The van der Waals surface area contributed by atoms with Crippen LogP contribution in [0.5, 0.6) is 0 Å². The number of benzene rings is 3. The number of carbonyl (C=O) groups is 3. The Balaban J connectivity index is 1.39. The van der Waals surface area contributed by atoms with Crippen LogP contribution < -0.4 is 5.32 Å². The lowest BCUT2D eigenvalue weighted by atomic mass is 9.94. The molecule has 6 nitrogen and oxygen atoms in total. The van der Waals surface area contributed by atoms with Gasteiger partial charge >= 0.3 is 5.97 Å². The molecule has 31 heavy (non-hydrogen) atoms.